The largest absolute Gasteiger partial charge is 0.480 e. The molecule has 0 aromatic heterocycles. The summed E-state index contributed by atoms with van der Waals surface area (Å²) in [6.45, 7) is 4.48. The van der Waals surface area contributed by atoms with Gasteiger partial charge in [0.05, 0.1) is 0 Å². The van der Waals surface area contributed by atoms with E-state index in [4.69, 9.17) is 16.7 Å². The number of carbonyl (C=O) groups is 2. The van der Waals surface area contributed by atoms with Gasteiger partial charge in [-0.1, -0.05) is 25.4 Å². The van der Waals surface area contributed by atoms with Crippen LogP contribution in [0.3, 0.4) is 0 Å². The Morgan fingerprint density at radius 2 is 1.95 bits per heavy atom. The maximum atomic E-state index is 12.2. The highest BCUT2D eigenvalue weighted by atomic mass is 35.5. The van der Waals surface area contributed by atoms with Crippen LogP contribution in [0.2, 0.25) is 5.02 Å². The van der Waals surface area contributed by atoms with Crippen LogP contribution in [0.25, 0.3) is 0 Å². The lowest BCUT2D eigenvalue weighted by atomic mass is 10.1. The van der Waals surface area contributed by atoms with Gasteiger partial charge in [-0.15, -0.1) is 0 Å². The highest BCUT2D eigenvalue weighted by Crippen LogP contribution is 2.50. The molecule has 1 saturated carbocycles. The molecule has 1 aromatic rings. The molecule has 114 valence electrons. The van der Waals surface area contributed by atoms with Crippen LogP contribution in [0.1, 0.15) is 20.3 Å². The number of carboxylic acids is 1. The number of hydrogen-bond donors (Lipinski definition) is 2. The first-order valence-corrected chi connectivity index (χ1v) is 7.20. The number of nitrogens with one attached hydrogen (secondary N) is 1. The highest BCUT2D eigenvalue weighted by Gasteiger charge is 2.45. The number of benzene rings is 1. The molecule has 1 aliphatic rings. The van der Waals surface area contributed by atoms with Crippen LogP contribution in [-0.2, 0) is 4.79 Å². The van der Waals surface area contributed by atoms with E-state index < -0.39 is 12.0 Å². The summed E-state index contributed by atoms with van der Waals surface area (Å²) >= 11 is 5.81. The Bertz CT molecular complexity index is 542. The Kier molecular flexibility index (Phi) is 4.42. The molecule has 2 amide bonds. The molecule has 6 heteroatoms. The van der Waals surface area contributed by atoms with Gasteiger partial charge in [-0.3, -0.25) is 9.69 Å². The van der Waals surface area contributed by atoms with E-state index >= 15 is 0 Å². The summed E-state index contributed by atoms with van der Waals surface area (Å²) in [6.07, 6.45) is 1.08. The molecule has 0 radical (unpaired) electrons. The van der Waals surface area contributed by atoms with E-state index in [1.54, 1.807) is 24.3 Å². The molecule has 1 fully saturated rings. The lowest BCUT2D eigenvalue weighted by molar-refractivity contribution is -0.135. The van der Waals surface area contributed by atoms with E-state index in [0.29, 0.717) is 23.2 Å². The van der Waals surface area contributed by atoms with E-state index in [-0.39, 0.29) is 12.0 Å². The van der Waals surface area contributed by atoms with Crippen molar-refractivity contribution in [2.75, 3.05) is 18.0 Å². The SMILES string of the molecule is CC1(C)CC1CNC(=O)N(CC(=O)O)c1ccc(Cl)cc1. The maximum absolute atomic E-state index is 12.2. The highest BCUT2D eigenvalue weighted by molar-refractivity contribution is 6.30. The zero-order chi connectivity index (χ0) is 15.6. The maximum Gasteiger partial charge on any atom is 0.323 e. The standard InChI is InChI=1S/C15H19ClN2O3/c1-15(2)7-10(15)8-17-14(21)18(9-13(19)20)12-5-3-11(16)4-6-12/h3-6,10H,7-9H2,1-2H3,(H,17,21)(H,19,20). The topological polar surface area (TPSA) is 69.6 Å². The molecular weight excluding hydrogens is 292 g/mol. The summed E-state index contributed by atoms with van der Waals surface area (Å²) in [4.78, 5) is 24.4. The summed E-state index contributed by atoms with van der Waals surface area (Å²) in [7, 11) is 0. The third-order valence-corrected chi connectivity index (χ3v) is 4.15. The number of halogens is 1. The fourth-order valence-electron chi connectivity index (χ4n) is 2.27. The van der Waals surface area contributed by atoms with Gasteiger partial charge in [0.1, 0.15) is 6.54 Å². The molecule has 1 aliphatic carbocycles. The Morgan fingerprint density at radius 1 is 1.38 bits per heavy atom. The van der Waals surface area contributed by atoms with Gasteiger partial charge < -0.3 is 10.4 Å². The van der Waals surface area contributed by atoms with Gasteiger partial charge in [0.15, 0.2) is 0 Å². The fourth-order valence-corrected chi connectivity index (χ4v) is 2.39. The van der Waals surface area contributed by atoms with Gasteiger partial charge in [0.25, 0.3) is 0 Å². The molecule has 0 heterocycles. The second-order valence-corrected chi connectivity index (χ2v) is 6.47. The summed E-state index contributed by atoms with van der Waals surface area (Å²) in [5.41, 5.74) is 0.778. The van der Waals surface area contributed by atoms with E-state index in [1.807, 2.05) is 0 Å². The van der Waals surface area contributed by atoms with Crippen LogP contribution in [0, 0.1) is 11.3 Å². The van der Waals surface area contributed by atoms with E-state index in [0.717, 1.165) is 6.42 Å². The second-order valence-electron chi connectivity index (χ2n) is 6.03. The number of amides is 2. The van der Waals surface area contributed by atoms with Crippen LogP contribution in [0.4, 0.5) is 10.5 Å². The predicted molar refractivity (Wildman–Crippen MR) is 81.7 cm³/mol. The second kappa shape index (κ2) is 5.93. The Hall–Kier alpha value is -1.75. The zero-order valence-electron chi connectivity index (χ0n) is 12.1. The third-order valence-electron chi connectivity index (χ3n) is 3.89. The van der Waals surface area contributed by atoms with E-state index in [9.17, 15) is 9.59 Å². The van der Waals surface area contributed by atoms with Crippen LogP contribution >= 0.6 is 11.6 Å². The van der Waals surface area contributed by atoms with Gasteiger partial charge >= 0.3 is 12.0 Å². The van der Waals surface area contributed by atoms with Crippen molar-refractivity contribution in [2.45, 2.75) is 20.3 Å². The molecule has 2 rings (SSSR count). The molecule has 0 saturated heterocycles. The molecule has 1 unspecified atom stereocenters. The molecule has 21 heavy (non-hydrogen) atoms. The number of carbonyl (C=O) groups excluding carboxylic acids is 1. The Morgan fingerprint density at radius 3 is 2.43 bits per heavy atom. The molecule has 2 N–H and O–H groups in total. The minimum absolute atomic E-state index is 0.269. The van der Waals surface area contributed by atoms with Gasteiger partial charge in [0, 0.05) is 17.3 Å². The van der Waals surface area contributed by atoms with Gasteiger partial charge in [-0.05, 0) is 42.0 Å². The minimum atomic E-state index is -1.06. The first-order valence-electron chi connectivity index (χ1n) is 6.82. The number of hydrogen-bond acceptors (Lipinski definition) is 2. The Labute approximate surface area is 128 Å². The van der Waals surface area contributed by atoms with Crippen LogP contribution < -0.4 is 10.2 Å². The molecule has 1 atom stereocenters. The smallest absolute Gasteiger partial charge is 0.323 e. The molecule has 0 aliphatic heterocycles. The van der Waals surface area contributed by atoms with Crippen LogP contribution in [0.15, 0.2) is 24.3 Å². The molecule has 0 spiro atoms. The van der Waals surface area contributed by atoms with Crippen molar-refractivity contribution in [2.24, 2.45) is 11.3 Å². The summed E-state index contributed by atoms with van der Waals surface area (Å²) in [5.74, 6) is -0.606. The van der Waals surface area contributed by atoms with Crippen molar-refractivity contribution >= 4 is 29.3 Å². The summed E-state index contributed by atoms with van der Waals surface area (Å²) in [5, 5.41) is 12.3. The zero-order valence-corrected chi connectivity index (χ0v) is 12.9. The lowest BCUT2D eigenvalue weighted by Gasteiger charge is -2.21. The molecular formula is C15H19ClN2O3. The minimum Gasteiger partial charge on any atom is -0.480 e. The monoisotopic (exact) mass is 310 g/mol. The van der Waals surface area contributed by atoms with Crippen molar-refractivity contribution in [3.63, 3.8) is 0 Å². The quantitative estimate of drug-likeness (QED) is 0.878. The van der Waals surface area contributed by atoms with E-state index in [2.05, 4.69) is 19.2 Å². The number of urea groups is 1. The summed E-state index contributed by atoms with van der Waals surface area (Å²) in [6, 6.07) is 6.12. The van der Waals surface area contributed by atoms with Crippen molar-refractivity contribution < 1.29 is 14.7 Å². The normalized spacial score (nSPS) is 18.9. The van der Waals surface area contributed by atoms with Gasteiger partial charge in [-0.25, -0.2) is 4.79 Å². The van der Waals surface area contributed by atoms with Crippen molar-refractivity contribution in [1.82, 2.24) is 5.32 Å². The average molecular weight is 311 g/mol. The first-order chi connectivity index (χ1) is 9.79. The third kappa shape index (κ3) is 4.11. The van der Waals surface area contributed by atoms with Crippen molar-refractivity contribution in [3.05, 3.63) is 29.3 Å². The molecule has 0 bridgehead atoms. The van der Waals surface area contributed by atoms with Crippen LogP contribution in [-0.4, -0.2) is 30.2 Å². The summed E-state index contributed by atoms with van der Waals surface area (Å²) < 4.78 is 0. The number of carboxylic acid groups (broad SMARTS) is 1. The van der Waals surface area contributed by atoms with Crippen LogP contribution in [0.5, 0.6) is 0 Å². The number of aliphatic carboxylic acids is 1. The number of nitrogens with zero attached hydrogens (tertiary/aromatic N) is 1. The van der Waals surface area contributed by atoms with Crippen molar-refractivity contribution in [1.29, 1.82) is 0 Å². The number of rotatable bonds is 5. The van der Waals surface area contributed by atoms with Gasteiger partial charge in [0.2, 0.25) is 0 Å². The number of anilines is 1. The Balaban J connectivity index is 2.03. The molecule has 1 aromatic carbocycles. The molecule has 5 nitrogen and oxygen atoms in total. The fraction of sp³-hybridized carbons (Fsp3) is 0.467. The predicted octanol–water partition coefficient (Wildman–Crippen LogP) is 2.99. The van der Waals surface area contributed by atoms with Crippen molar-refractivity contribution in [3.8, 4) is 0 Å². The first kappa shape index (κ1) is 15.6. The van der Waals surface area contributed by atoms with E-state index in [1.165, 1.54) is 4.90 Å². The van der Waals surface area contributed by atoms with Gasteiger partial charge in [-0.2, -0.15) is 0 Å². The average Bonchev–Trinajstić information content (AvgIpc) is 3.02. The lowest BCUT2D eigenvalue weighted by Crippen LogP contribution is -2.43.